The molecule has 2 unspecified atom stereocenters. The van der Waals surface area contributed by atoms with Gasteiger partial charge in [-0.05, 0) is 53.1 Å². The van der Waals surface area contributed by atoms with Crippen molar-refractivity contribution in [3.05, 3.63) is 119 Å². The molecule has 1 amide bonds. The van der Waals surface area contributed by atoms with Crippen molar-refractivity contribution in [2.24, 2.45) is 0 Å². The van der Waals surface area contributed by atoms with Gasteiger partial charge in [-0.3, -0.25) is 9.59 Å². The average molecular weight is 607 g/mol. The van der Waals surface area contributed by atoms with E-state index in [0.717, 1.165) is 19.5 Å². The molecule has 7 nitrogen and oxygen atoms in total. The van der Waals surface area contributed by atoms with Gasteiger partial charge in [-0.25, -0.2) is 4.79 Å². The van der Waals surface area contributed by atoms with Gasteiger partial charge in [0.25, 0.3) is 5.91 Å². The Kier molecular flexibility index (Phi) is 11.2. The summed E-state index contributed by atoms with van der Waals surface area (Å²) in [4.78, 5) is 33.8. The fourth-order valence-electron chi connectivity index (χ4n) is 4.96. The van der Waals surface area contributed by atoms with Crippen LogP contribution in [0, 0.1) is 0 Å². The first-order valence-electron chi connectivity index (χ1n) is 14.2. The maximum atomic E-state index is 12.6. The van der Waals surface area contributed by atoms with Crippen LogP contribution in [0.25, 0.3) is 10.8 Å². The number of amides is 1. The highest BCUT2D eigenvalue weighted by Crippen LogP contribution is 2.29. The first-order chi connectivity index (χ1) is 21.1. The monoisotopic (exact) mass is 606 g/mol. The molecule has 1 aliphatic rings. The second-order valence-corrected chi connectivity index (χ2v) is 10.4. The fourth-order valence-corrected chi connectivity index (χ4v) is 4.96. The summed E-state index contributed by atoms with van der Waals surface area (Å²) in [6, 6.07) is 31.8. The highest BCUT2D eigenvalue weighted by molar-refractivity contribution is 5.97. The minimum atomic E-state index is -5.08. The van der Waals surface area contributed by atoms with Gasteiger partial charge in [0.2, 0.25) is 0 Å². The molecule has 1 heterocycles. The average Bonchev–Trinajstić information content (AvgIpc) is 3.04. The number of Topliss-reactive ketones (excluding diaryl/α,β-unsaturated/α-hetero) is 1. The molecule has 0 aromatic heterocycles. The number of hydrogen-bond acceptors (Lipinski definition) is 5. The van der Waals surface area contributed by atoms with Crippen LogP contribution in [-0.4, -0.2) is 54.7 Å². The van der Waals surface area contributed by atoms with Crippen molar-refractivity contribution in [1.82, 2.24) is 10.6 Å². The van der Waals surface area contributed by atoms with Crippen LogP contribution in [0.4, 0.5) is 13.2 Å². The molecule has 5 rings (SSSR count). The zero-order valence-corrected chi connectivity index (χ0v) is 23.8. The number of nitrogens with one attached hydrogen (secondary N) is 2. The molecule has 4 aromatic rings. The summed E-state index contributed by atoms with van der Waals surface area (Å²) in [5, 5.41) is 15.9. The SMILES string of the molecule is O=C(CCNC(=O)c1ccc(C2CCNCC2OCc2ccc3ccccc3c2)cc1)c1ccccc1.O=C(O)C(F)(F)F. The smallest absolute Gasteiger partial charge is 0.475 e. The first-order valence-corrected chi connectivity index (χ1v) is 14.2. The topological polar surface area (TPSA) is 105 Å². The minimum Gasteiger partial charge on any atom is -0.475 e. The summed E-state index contributed by atoms with van der Waals surface area (Å²) in [6.07, 6.45) is -3.77. The Hall–Kier alpha value is -4.54. The Morgan fingerprint density at radius 2 is 1.52 bits per heavy atom. The summed E-state index contributed by atoms with van der Waals surface area (Å²) in [5.74, 6) is -2.63. The lowest BCUT2D eigenvalue weighted by Gasteiger charge is -2.32. The van der Waals surface area contributed by atoms with E-state index in [2.05, 4.69) is 53.1 Å². The van der Waals surface area contributed by atoms with Crippen molar-refractivity contribution in [1.29, 1.82) is 0 Å². The normalized spacial score (nSPS) is 16.4. The van der Waals surface area contributed by atoms with Gasteiger partial charge in [-0.2, -0.15) is 13.2 Å². The number of alkyl halides is 3. The van der Waals surface area contributed by atoms with Crippen LogP contribution in [0.3, 0.4) is 0 Å². The lowest BCUT2D eigenvalue weighted by molar-refractivity contribution is -0.192. The number of rotatable bonds is 9. The third-order valence-electron chi connectivity index (χ3n) is 7.28. The van der Waals surface area contributed by atoms with Gasteiger partial charge in [-0.1, -0.05) is 78.9 Å². The van der Waals surface area contributed by atoms with E-state index >= 15 is 0 Å². The lowest BCUT2D eigenvalue weighted by atomic mass is 9.87. The number of carbonyl (C=O) groups is 3. The van der Waals surface area contributed by atoms with E-state index in [1.54, 1.807) is 12.1 Å². The van der Waals surface area contributed by atoms with Gasteiger partial charge in [0.1, 0.15) is 0 Å². The molecule has 1 aliphatic heterocycles. The number of hydrogen-bond donors (Lipinski definition) is 3. The predicted molar refractivity (Wildman–Crippen MR) is 161 cm³/mol. The Bertz CT molecular complexity index is 1560. The van der Waals surface area contributed by atoms with Gasteiger partial charge in [0, 0.05) is 36.6 Å². The van der Waals surface area contributed by atoms with E-state index in [-0.39, 0.29) is 30.1 Å². The Morgan fingerprint density at radius 3 is 2.20 bits per heavy atom. The molecular weight excluding hydrogens is 573 g/mol. The number of fused-ring (bicyclic) bond motifs is 1. The number of piperidine rings is 1. The molecule has 2 atom stereocenters. The van der Waals surface area contributed by atoms with Crippen LogP contribution in [-0.2, 0) is 16.1 Å². The summed E-state index contributed by atoms with van der Waals surface area (Å²) < 4.78 is 38.1. The first kappa shape index (κ1) is 32.4. The van der Waals surface area contributed by atoms with Gasteiger partial charge in [-0.15, -0.1) is 0 Å². The van der Waals surface area contributed by atoms with Crippen molar-refractivity contribution in [2.45, 2.75) is 37.6 Å². The molecule has 3 N–H and O–H groups in total. The van der Waals surface area contributed by atoms with E-state index in [9.17, 15) is 22.8 Å². The van der Waals surface area contributed by atoms with Crippen LogP contribution in [0.5, 0.6) is 0 Å². The number of ketones is 1. The largest absolute Gasteiger partial charge is 0.490 e. The number of carbonyl (C=O) groups excluding carboxylic acids is 2. The molecule has 1 fully saturated rings. The molecular formula is C34H33F3N2O5. The predicted octanol–water partition coefficient (Wildman–Crippen LogP) is 6.14. The van der Waals surface area contributed by atoms with Crippen molar-refractivity contribution < 1.29 is 37.4 Å². The van der Waals surface area contributed by atoms with Gasteiger partial charge in [0.05, 0.1) is 12.7 Å². The number of ether oxygens (including phenoxy) is 1. The maximum absolute atomic E-state index is 12.6. The molecule has 44 heavy (non-hydrogen) atoms. The zero-order valence-electron chi connectivity index (χ0n) is 23.8. The standard InChI is InChI=1S/C32H32N2O3.C2HF3O2/c35-30(26-7-2-1-3-8-26)17-19-34-32(36)27-14-12-25(13-15-27)29-16-18-33-21-31(29)37-22-23-10-11-24-6-4-5-9-28(24)20-23;3-2(4,5)1(6)7/h1-15,20,29,31,33H,16-19,21-22H2,(H,34,36);(H,6,7). The maximum Gasteiger partial charge on any atom is 0.490 e. The van der Waals surface area contributed by atoms with Gasteiger partial charge in [0.15, 0.2) is 5.78 Å². The van der Waals surface area contributed by atoms with Crippen LogP contribution in [0.15, 0.2) is 97.1 Å². The number of carboxylic acids is 1. The van der Waals surface area contributed by atoms with E-state index < -0.39 is 12.1 Å². The molecule has 0 saturated carbocycles. The second kappa shape index (κ2) is 15.3. The van der Waals surface area contributed by atoms with E-state index in [0.29, 0.717) is 24.3 Å². The summed E-state index contributed by atoms with van der Waals surface area (Å²) in [5.41, 5.74) is 3.61. The van der Waals surface area contributed by atoms with Crippen LogP contribution in [0.1, 0.15) is 50.6 Å². The number of benzene rings is 4. The summed E-state index contributed by atoms with van der Waals surface area (Å²) >= 11 is 0. The highest BCUT2D eigenvalue weighted by Gasteiger charge is 2.38. The molecule has 0 bridgehead atoms. The molecule has 1 saturated heterocycles. The lowest BCUT2D eigenvalue weighted by Crippen LogP contribution is -2.41. The third kappa shape index (κ3) is 9.23. The Balaban J connectivity index is 0.000000566. The highest BCUT2D eigenvalue weighted by atomic mass is 19.4. The third-order valence-corrected chi connectivity index (χ3v) is 7.28. The van der Waals surface area contributed by atoms with Crippen molar-refractivity contribution in [2.75, 3.05) is 19.6 Å². The molecule has 230 valence electrons. The molecule has 4 aromatic carbocycles. The minimum absolute atomic E-state index is 0.0249. The quantitative estimate of drug-likeness (QED) is 0.198. The van der Waals surface area contributed by atoms with Gasteiger partial charge >= 0.3 is 12.1 Å². The molecule has 0 radical (unpaired) electrons. The fraction of sp³-hybridized carbons (Fsp3) is 0.265. The molecule has 0 spiro atoms. The van der Waals surface area contributed by atoms with Crippen LogP contribution in [0.2, 0.25) is 0 Å². The number of aliphatic carboxylic acids is 1. The Labute approximate surface area is 253 Å². The van der Waals surface area contributed by atoms with E-state index in [1.165, 1.54) is 21.9 Å². The molecule has 10 heteroatoms. The van der Waals surface area contributed by atoms with Gasteiger partial charge < -0.3 is 20.5 Å². The van der Waals surface area contributed by atoms with Crippen molar-refractivity contribution in [3.8, 4) is 0 Å². The summed E-state index contributed by atoms with van der Waals surface area (Å²) in [6.45, 7) is 2.62. The van der Waals surface area contributed by atoms with Crippen molar-refractivity contribution in [3.63, 3.8) is 0 Å². The summed E-state index contributed by atoms with van der Waals surface area (Å²) in [7, 11) is 0. The van der Waals surface area contributed by atoms with Crippen LogP contribution < -0.4 is 10.6 Å². The number of halogens is 3. The second-order valence-electron chi connectivity index (χ2n) is 10.4. The van der Waals surface area contributed by atoms with E-state index in [1.807, 2.05) is 42.5 Å². The van der Waals surface area contributed by atoms with E-state index in [4.69, 9.17) is 14.6 Å². The number of carboxylic acid groups (broad SMARTS) is 1. The molecule has 0 aliphatic carbocycles. The Morgan fingerprint density at radius 1 is 0.864 bits per heavy atom. The van der Waals surface area contributed by atoms with Crippen LogP contribution >= 0.6 is 0 Å². The van der Waals surface area contributed by atoms with Crippen molar-refractivity contribution >= 4 is 28.4 Å². The zero-order chi connectivity index (χ0) is 31.5.